The van der Waals surface area contributed by atoms with E-state index in [0.29, 0.717) is 25.3 Å². The molecule has 0 bridgehead atoms. The van der Waals surface area contributed by atoms with Crippen LogP contribution in [0, 0.1) is 5.82 Å². The number of nitrogens with one attached hydrogen (secondary N) is 1. The van der Waals surface area contributed by atoms with Crippen LogP contribution in [0.4, 0.5) is 15.8 Å². The largest absolute Gasteiger partial charge is 0.399 e. The molecule has 0 aliphatic rings. The molecule has 1 aromatic rings. The average molecular weight is 283 g/mol. The van der Waals surface area contributed by atoms with Gasteiger partial charge in [-0.05, 0) is 31.7 Å². The van der Waals surface area contributed by atoms with Crippen LogP contribution in [0.5, 0.6) is 0 Å². The summed E-state index contributed by atoms with van der Waals surface area (Å²) in [4.78, 5) is 13.8. The van der Waals surface area contributed by atoms with Gasteiger partial charge in [-0.25, -0.2) is 4.39 Å². The molecule has 112 valence electrons. The number of benzene rings is 1. The van der Waals surface area contributed by atoms with Gasteiger partial charge in [-0.2, -0.15) is 0 Å². The minimum Gasteiger partial charge on any atom is -0.399 e. The van der Waals surface area contributed by atoms with Crippen molar-refractivity contribution >= 4 is 17.3 Å². The lowest BCUT2D eigenvalue weighted by Gasteiger charge is -2.16. The number of nitrogen functional groups attached to an aromatic ring is 1. The number of carbonyl (C=O) groups excluding carboxylic acids is 1. The molecule has 1 amide bonds. The van der Waals surface area contributed by atoms with Gasteiger partial charge in [0, 0.05) is 38.9 Å². The summed E-state index contributed by atoms with van der Waals surface area (Å²) in [5.41, 5.74) is 6.09. The first-order valence-electron chi connectivity index (χ1n) is 6.55. The first-order chi connectivity index (χ1) is 9.52. The zero-order valence-electron chi connectivity index (χ0n) is 12.0. The number of ether oxygens (including phenoxy) is 1. The molecule has 0 atom stereocenters. The zero-order valence-corrected chi connectivity index (χ0v) is 12.0. The van der Waals surface area contributed by atoms with Crippen molar-refractivity contribution in [2.75, 3.05) is 44.9 Å². The normalized spacial score (nSPS) is 10.8. The van der Waals surface area contributed by atoms with Gasteiger partial charge in [0.15, 0.2) is 0 Å². The maximum Gasteiger partial charge on any atom is 0.225 e. The van der Waals surface area contributed by atoms with Crippen molar-refractivity contribution in [2.24, 2.45) is 0 Å². The SMILES string of the molecule is COCCCN(C)CCC(=O)Nc1cc(N)ccc1F. The lowest BCUT2D eigenvalue weighted by Crippen LogP contribution is -2.26. The molecule has 3 N–H and O–H groups in total. The van der Waals surface area contributed by atoms with Gasteiger partial charge in [-0.3, -0.25) is 4.79 Å². The zero-order chi connectivity index (χ0) is 15.0. The van der Waals surface area contributed by atoms with E-state index in [1.165, 1.54) is 18.2 Å². The molecule has 0 heterocycles. The summed E-state index contributed by atoms with van der Waals surface area (Å²) in [5, 5.41) is 2.53. The second-order valence-corrected chi connectivity index (χ2v) is 4.69. The van der Waals surface area contributed by atoms with Gasteiger partial charge >= 0.3 is 0 Å². The lowest BCUT2D eigenvalue weighted by atomic mass is 10.2. The van der Waals surface area contributed by atoms with Crippen LogP contribution in [0.25, 0.3) is 0 Å². The predicted octanol–water partition coefficient (Wildman–Crippen LogP) is 1.70. The highest BCUT2D eigenvalue weighted by Crippen LogP contribution is 2.17. The number of anilines is 2. The van der Waals surface area contributed by atoms with E-state index in [0.717, 1.165) is 13.0 Å². The topological polar surface area (TPSA) is 67.6 Å². The Morgan fingerprint density at radius 3 is 2.90 bits per heavy atom. The minimum absolute atomic E-state index is 0.122. The number of nitrogens with two attached hydrogens (primary N) is 1. The third-order valence-corrected chi connectivity index (χ3v) is 2.87. The summed E-state index contributed by atoms with van der Waals surface area (Å²) < 4.78 is 18.4. The number of hydrogen-bond acceptors (Lipinski definition) is 4. The van der Waals surface area contributed by atoms with Gasteiger partial charge < -0.3 is 20.7 Å². The number of carbonyl (C=O) groups is 1. The van der Waals surface area contributed by atoms with Gasteiger partial charge in [0.2, 0.25) is 5.91 Å². The molecule has 0 aliphatic carbocycles. The van der Waals surface area contributed by atoms with Crippen molar-refractivity contribution in [1.82, 2.24) is 4.90 Å². The Labute approximate surface area is 118 Å². The molecule has 20 heavy (non-hydrogen) atoms. The third kappa shape index (κ3) is 5.99. The smallest absolute Gasteiger partial charge is 0.225 e. The van der Waals surface area contributed by atoms with E-state index in [-0.39, 0.29) is 11.6 Å². The molecule has 0 saturated heterocycles. The van der Waals surface area contributed by atoms with E-state index >= 15 is 0 Å². The molecule has 6 heteroatoms. The molecule has 0 radical (unpaired) electrons. The second kappa shape index (κ2) is 8.50. The number of halogens is 1. The van der Waals surface area contributed by atoms with Gasteiger partial charge in [0.25, 0.3) is 0 Å². The molecular formula is C14H22FN3O2. The summed E-state index contributed by atoms with van der Waals surface area (Å²) >= 11 is 0. The standard InChI is InChI=1S/C14H22FN3O2/c1-18(7-3-9-20-2)8-6-14(19)17-13-10-11(16)4-5-12(13)15/h4-5,10H,3,6-9,16H2,1-2H3,(H,17,19). The number of amides is 1. The van der Waals surface area contributed by atoms with Crippen LogP contribution in [-0.4, -0.2) is 44.7 Å². The number of rotatable bonds is 8. The van der Waals surface area contributed by atoms with Crippen LogP contribution in [-0.2, 0) is 9.53 Å². The fourth-order valence-electron chi connectivity index (χ4n) is 1.73. The van der Waals surface area contributed by atoms with Gasteiger partial charge in [-0.15, -0.1) is 0 Å². The summed E-state index contributed by atoms with van der Waals surface area (Å²) in [6.07, 6.45) is 1.22. The molecule has 0 saturated carbocycles. The Bertz CT molecular complexity index is 440. The molecule has 1 rings (SSSR count). The molecule has 0 unspecified atom stereocenters. The van der Waals surface area contributed by atoms with Gasteiger partial charge in [0.1, 0.15) is 5.82 Å². The van der Waals surface area contributed by atoms with Crippen LogP contribution in [0.2, 0.25) is 0 Å². The number of hydrogen-bond donors (Lipinski definition) is 2. The van der Waals surface area contributed by atoms with Crippen molar-refractivity contribution in [2.45, 2.75) is 12.8 Å². The second-order valence-electron chi connectivity index (χ2n) is 4.69. The van der Waals surface area contributed by atoms with Crippen LogP contribution in [0.1, 0.15) is 12.8 Å². The molecule has 5 nitrogen and oxygen atoms in total. The average Bonchev–Trinajstić information content (AvgIpc) is 2.41. The quantitative estimate of drug-likeness (QED) is 0.563. The van der Waals surface area contributed by atoms with Crippen LogP contribution in [0.15, 0.2) is 18.2 Å². The molecular weight excluding hydrogens is 261 g/mol. The first-order valence-corrected chi connectivity index (χ1v) is 6.55. The van der Waals surface area contributed by atoms with Gasteiger partial charge in [0.05, 0.1) is 5.69 Å². The van der Waals surface area contributed by atoms with E-state index in [1.54, 1.807) is 7.11 Å². The van der Waals surface area contributed by atoms with E-state index in [9.17, 15) is 9.18 Å². The van der Waals surface area contributed by atoms with Crippen molar-refractivity contribution in [3.05, 3.63) is 24.0 Å². The van der Waals surface area contributed by atoms with E-state index in [4.69, 9.17) is 10.5 Å². The van der Waals surface area contributed by atoms with Crippen LogP contribution >= 0.6 is 0 Å². The molecule has 0 aromatic heterocycles. The first kappa shape index (κ1) is 16.4. The minimum atomic E-state index is -0.485. The maximum atomic E-state index is 13.4. The highest BCUT2D eigenvalue weighted by Gasteiger charge is 2.08. The summed E-state index contributed by atoms with van der Waals surface area (Å²) in [6, 6.07) is 4.10. The predicted molar refractivity (Wildman–Crippen MR) is 78.0 cm³/mol. The molecule has 0 spiro atoms. The van der Waals surface area contributed by atoms with E-state index in [1.807, 2.05) is 11.9 Å². The third-order valence-electron chi connectivity index (χ3n) is 2.87. The highest BCUT2D eigenvalue weighted by molar-refractivity contribution is 5.91. The van der Waals surface area contributed by atoms with Crippen LogP contribution in [0.3, 0.4) is 0 Å². The molecule has 0 fully saturated rings. The van der Waals surface area contributed by atoms with Crippen molar-refractivity contribution in [3.8, 4) is 0 Å². The molecule has 1 aromatic carbocycles. The molecule has 0 aliphatic heterocycles. The summed E-state index contributed by atoms with van der Waals surface area (Å²) in [6.45, 7) is 2.16. The van der Waals surface area contributed by atoms with Crippen LogP contribution < -0.4 is 11.1 Å². The Morgan fingerprint density at radius 2 is 2.20 bits per heavy atom. The Morgan fingerprint density at radius 1 is 1.45 bits per heavy atom. The van der Waals surface area contributed by atoms with Crippen molar-refractivity contribution in [3.63, 3.8) is 0 Å². The fraction of sp³-hybridized carbons (Fsp3) is 0.500. The highest BCUT2D eigenvalue weighted by atomic mass is 19.1. The van der Waals surface area contributed by atoms with E-state index in [2.05, 4.69) is 5.32 Å². The summed E-state index contributed by atoms with van der Waals surface area (Å²) in [5.74, 6) is -0.714. The number of methoxy groups -OCH3 is 1. The maximum absolute atomic E-state index is 13.4. The summed E-state index contributed by atoms with van der Waals surface area (Å²) in [7, 11) is 3.59. The Hall–Kier alpha value is -1.66. The number of nitrogens with zero attached hydrogens (tertiary/aromatic N) is 1. The Kier molecular flexibility index (Phi) is 6.97. The monoisotopic (exact) mass is 283 g/mol. The Balaban J connectivity index is 2.34. The lowest BCUT2D eigenvalue weighted by molar-refractivity contribution is -0.116. The van der Waals surface area contributed by atoms with E-state index < -0.39 is 5.82 Å². The van der Waals surface area contributed by atoms with Gasteiger partial charge in [-0.1, -0.05) is 0 Å². The van der Waals surface area contributed by atoms with Crippen molar-refractivity contribution in [1.29, 1.82) is 0 Å². The fourth-order valence-corrected chi connectivity index (χ4v) is 1.73. The van der Waals surface area contributed by atoms with Crippen molar-refractivity contribution < 1.29 is 13.9 Å².